The molecule has 0 aliphatic rings. The molecule has 0 radical (unpaired) electrons. The molecule has 0 amide bonds. The fourth-order valence-electron chi connectivity index (χ4n) is 1.30. The van der Waals surface area contributed by atoms with E-state index in [-0.39, 0.29) is 12.4 Å². The van der Waals surface area contributed by atoms with Crippen molar-refractivity contribution in [2.75, 3.05) is 6.61 Å². The minimum atomic E-state index is -0.156. The first-order valence-corrected chi connectivity index (χ1v) is 4.51. The van der Waals surface area contributed by atoms with Crippen LogP contribution >= 0.6 is 0 Å². The molecule has 0 unspecified atom stereocenters. The maximum atomic E-state index is 13.3. The summed E-state index contributed by atoms with van der Waals surface area (Å²) >= 11 is 0. The van der Waals surface area contributed by atoms with Crippen LogP contribution in [0.15, 0.2) is 12.1 Å². The average Bonchev–Trinajstić information content (AvgIpc) is 2.09. The lowest BCUT2D eigenvalue weighted by molar-refractivity contribution is 0.288. The molecule has 0 aliphatic carbocycles. The van der Waals surface area contributed by atoms with Gasteiger partial charge >= 0.3 is 0 Å². The van der Waals surface area contributed by atoms with Gasteiger partial charge in [-0.25, -0.2) is 4.39 Å². The number of halogens is 1. The Balaban J connectivity index is 2.88. The molecule has 0 heterocycles. The highest BCUT2D eigenvalue weighted by Gasteiger charge is 2.03. The van der Waals surface area contributed by atoms with E-state index in [2.05, 4.69) is 0 Å². The van der Waals surface area contributed by atoms with Crippen LogP contribution in [0.5, 0.6) is 0 Å². The van der Waals surface area contributed by atoms with E-state index in [4.69, 9.17) is 5.11 Å². The Morgan fingerprint density at radius 2 is 1.85 bits per heavy atom. The third-order valence-corrected chi connectivity index (χ3v) is 2.27. The van der Waals surface area contributed by atoms with Crippen molar-refractivity contribution < 1.29 is 9.50 Å². The Labute approximate surface area is 78.2 Å². The third-order valence-electron chi connectivity index (χ3n) is 2.27. The first kappa shape index (κ1) is 10.2. The molecular formula is C11H15FO. The van der Waals surface area contributed by atoms with Gasteiger partial charge in [0.2, 0.25) is 0 Å². The van der Waals surface area contributed by atoms with Crippen molar-refractivity contribution in [3.63, 3.8) is 0 Å². The molecule has 1 rings (SSSR count). The molecule has 1 aromatic rings. The Morgan fingerprint density at radius 3 is 2.46 bits per heavy atom. The smallest absolute Gasteiger partial charge is 0.126 e. The molecule has 13 heavy (non-hydrogen) atoms. The Morgan fingerprint density at radius 1 is 1.23 bits per heavy atom. The molecular weight excluding hydrogens is 167 g/mol. The van der Waals surface area contributed by atoms with Crippen LogP contribution in [0.2, 0.25) is 0 Å². The summed E-state index contributed by atoms with van der Waals surface area (Å²) < 4.78 is 13.3. The van der Waals surface area contributed by atoms with E-state index in [1.165, 1.54) is 0 Å². The van der Waals surface area contributed by atoms with Crippen LogP contribution in [-0.4, -0.2) is 11.7 Å². The molecule has 1 nitrogen and oxygen atoms in total. The van der Waals surface area contributed by atoms with Gasteiger partial charge in [0.05, 0.1) is 0 Å². The number of rotatable bonds is 3. The number of benzene rings is 1. The second kappa shape index (κ2) is 4.38. The minimum absolute atomic E-state index is 0.117. The highest BCUT2D eigenvalue weighted by Crippen LogP contribution is 2.15. The highest BCUT2D eigenvalue weighted by molar-refractivity contribution is 5.31. The summed E-state index contributed by atoms with van der Waals surface area (Å²) in [7, 11) is 0. The van der Waals surface area contributed by atoms with Gasteiger partial charge in [-0.15, -0.1) is 0 Å². The number of aliphatic hydroxyl groups excluding tert-OH is 1. The quantitative estimate of drug-likeness (QED) is 0.760. The fraction of sp³-hybridized carbons (Fsp3) is 0.455. The SMILES string of the molecule is Cc1cc(F)c(CCCO)cc1C. The number of hydrogen-bond acceptors (Lipinski definition) is 1. The van der Waals surface area contributed by atoms with E-state index in [0.717, 1.165) is 11.1 Å². The van der Waals surface area contributed by atoms with E-state index in [1.54, 1.807) is 6.07 Å². The Hall–Kier alpha value is -0.890. The average molecular weight is 182 g/mol. The van der Waals surface area contributed by atoms with E-state index in [1.807, 2.05) is 19.9 Å². The summed E-state index contributed by atoms with van der Waals surface area (Å²) in [6.45, 7) is 3.98. The highest BCUT2D eigenvalue weighted by atomic mass is 19.1. The van der Waals surface area contributed by atoms with Crippen LogP contribution in [0.25, 0.3) is 0 Å². The lowest BCUT2D eigenvalue weighted by Crippen LogP contribution is -1.96. The largest absolute Gasteiger partial charge is 0.396 e. The maximum Gasteiger partial charge on any atom is 0.126 e. The van der Waals surface area contributed by atoms with Gasteiger partial charge in [0, 0.05) is 6.61 Å². The van der Waals surface area contributed by atoms with Crippen molar-refractivity contribution in [3.05, 3.63) is 34.6 Å². The summed E-state index contributed by atoms with van der Waals surface area (Å²) in [5.74, 6) is -0.156. The second-order valence-corrected chi connectivity index (χ2v) is 3.36. The molecule has 0 bridgehead atoms. The first-order valence-electron chi connectivity index (χ1n) is 4.51. The van der Waals surface area contributed by atoms with Crippen molar-refractivity contribution in [1.82, 2.24) is 0 Å². The maximum absolute atomic E-state index is 13.3. The Kier molecular flexibility index (Phi) is 3.43. The van der Waals surface area contributed by atoms with Gasteiger partial charge in [-0.3, -0.25) is 0 Å². The molecule has 0 aliphatic heterocycles. The van der Waals surface area contributed by atoms with Crippen molar-refractivity contribution in [1.29, 1.82) is 0 Å². The van der Waals surface area contributed by atoms with Crippen LogP contribution in [0.1, 0.15) is 23.1 Å². The predicted octanol–water partition coefficient (Wildman–Crippen LogP) is 2.37. The van der Waals surface area contributed by atoms with Crippen molar-refractivity contribution >= 4 is 0 Å². The van der Waals surface area contributed by atoms with E-state index < -0.39 is 0 Å². The summed E-state index contributed by atoms with van der Waals surface area (Å²) in [6.07, 6.45) is 1.24. The minimum Gasteiger partial charge on any atom is -0.396 e. The van der Waals surface area contributed by atoms with Crippen molar-refractivity contribution in [2.45, 2.75) is 26.7 Å². The molecule has 0 spiro atoms. The van der Waals surface area contributed by atoms with Crippen LogP contribution in [-0.2, 0) is 6.42 Å². The molecule has 2 heteroatoms. The molecule has 1 N–H and O–H groups in total. The molecule has 1 aromatic carbocycles. The Bertz CT molecular complexity index is 294. The van der Waals surface area contributed by atoms with Crippen LogP contribution in [0.4, 0.5) is 4.39 Å². The van der Waals surface area contributed by atoms with Crippen LogP contribution < -0.4 is 0 Å². The molecule has 72 valence electrons. The number of hydrogen-bond donors (Lipinski definition) is 1. The van der Waals surface area contributed by atoms with E-state index in [9.17, 15) is 4.39 Å². The summed E-state index contributed by atoms with van der Waals surface area (Å²) in [5, 5.41) is 8.62. The molecule has 0 saturated heterocycles. The van der Waals surface area contributed by atoms with Crippen LogP contribution in [0.3, 0.4) is 0 Å². The predicted molar refractivity (Wildman–Crippen MR) is 51.3 cm³/mol. The van der Waals surface area contributed by atoms with Gasteiger partial charge in [-0.1, -0.05) is 6.07 Å². The number of aryl methyl sites for hydroxylation is 3. The van der Waals surface area contributed by atoms with Crippen molar-refractivity contribution in [3.8, 4) is 0 Å². The van der Waals surface area contributed by atoms with Crippen LogP contribution in [0, 0.1) is 19.7 Å². The molecule has 0 fully saturated rings. The zero-order valence-corrected chi connectivity index (χ0v) is 8.10. The lowest BCUT2D eigenvalue weighted by atomic mass is 10.0. The van der Waals surface area contributed by atoms with Gasteiger partial charge in [0.15, 0.2) is 0 Å². The molecule has 0 atom stereocenters. The second-order valence-electron chi connectivity index (χ2n) is 3.36. The monoisotopic (exact) mass is 182 g/mol. The summed E-state index contributed by atoms with van der Waals surface area (Å²) in [6, 6.07) is 3.42. The van der Waals surface area contributed by atoms with Gasteiger partial charge in [0.1, 0.15) is 5.82 Å². The zero-order valence-electron chi connectivity index (χ0n) is 8.10. The van der Waals surface area contributed by atoms with Gasteiger partial charge < -0.3 is 5.11 Å². The first-order chi connectivity index (χ1) is 6.15. The normalized spacial score (nSPS) is 10.5. The van der Waals surface area contributed by atoms with Gasteiger partial charge in [-0.2, -0.15) is 0 Å². The van der Waals surface area contributed by atoms with E-state index >= 15 is 0 Å². The lowest BCUT2D eigenvalue weighted by Gasteiger charge is -2.06. The van der Waals surface area contributed by atoms with Gasteiger partial charge in [0.25, 0.3) is 0 Å². The molecule has 0 aromatic heterocycles. The fourth-order valence-corrected chi connectivity index (χ4v) is 1.30. The van der Waals surface area contributed by atoms with Gasteiger partial charge in [-0.05, 0) is 49.4 Å². The molecule has 0 saturated carbocycles. The van der Waals surface area contributed by atoms with E-state index in [0.29, 0.717) is 18.4 Å². The van der Waals surface area contributed by atoms with Crippen molar-refractivity contribution in [2.24, 2.45) is 0 Å². The third kappa shape index (κ3) is 2.52. The standard InChI is InChI=1S/C11H15FO/c1-8-6-10(4-3-5-13)11(12)7-9(8)2/h6-7,13H,3-5H2,1-2H3. The number of aliphatic hydroxyl groups is 1. The summed E-state index contributed by atoms with van der Waals surface area (Å²) in [5.41, 5.74) is 2.79. The zero-order chi connectivity index (χ0) is 9.84. The topological polar surface area (TPSA) is 20.2 Å². The summed E-state index contributed by atoms with van der Waals surface area (Å²) in [4.78, 5) is 0.